The van der Waals surface area contributed by atoms with E-state index in [1.807, 2.05) is 102 Å². The van der Waals surface area contributed by atoms with Crippen molar-refractivity contribution < 1.29 is 33.3 Å². The summed E-state index contributed by atoms with van der Waals surface area (Å²) < 4.78 is 23.1. The van der Waals surface area contributed by atoms with Crippen molar-refractivity contribution in [2.75, 3.05) is 0 Å². The molecule has 0 aliphatic carbocycles. The van der Waals surface area contributed by atoms with E-state index in [4.69, 9.17) is 18.6 Å². The van der Waals surface area contributed by atoms with Gasteiger partial charge in [0.2, 0.25) is 0 Å². The number of carbonyl (C=O) groups excluding carboxylic acids is 2. The Hall–Kier alpha value is -4.30. The number of aliphatic hydroxyl groups is 1. The molecule has 0 saturated carbocycles. The number of nitrogens with one attached hydrogen (secondary N) is 1. The van der Waals surface area contributed by atoms with Crippen molar-refractivity contribution in [3.05, 3.63) is 88.7 Å². The number of hydrogen-bond donors (Lipinski definition) is 2. The Kier molecular flexibility index (Phi) is 10.1. The molecule has 1 aromatic heterocycles. The SMILES string of the molecule is CCC(C)OC(=O)Cc1ccc(C)cc1OCc1cc(-c2cccc(CNC(=O)OC(C)(C)C)c2)c2oc(CO)cc2c1. The van der Waals surface area contributed by atoms with Gasteiger partial charge in [-0.1, -0.05) is 37.3 Å². The molecule has 43 heavy (non-hydrogen) atoms. The lowest BCUT2D eigenvalue weighted by Gasteiger charge is -2.19. The maximum Gasteiger partial charge on any atom is 0.407 e. The van der Waals surface area contributed by atoms with Gasteiger partial charge in [-0.3, -0.25) is 4.79 Å². The molecule has 1 atom stereocenters. The standard InChI is InChI=1S/C35H41NO7/c1-7-23(3)41-32(38)18-27-12-11-22(2)13-31(27)40-21-25-15-28-17-29(20-37)42-33(28)30(16-25)26-10-8-9-24(14-26)19-36-34(39)43-35(4,5)6/h8-17,23,37H,7,18-21H2,1-6H3,(H,36,39). The second-order valence-corrected chi connectivity index (χ2v) is 11.8. The summed E-state index contributed by atoms with van der Waals surface area (Å²) in [5.74, 6) is 0.793. The predicted octanol–water partition coefficient (Wildman–Crippen LogP) is 7.39. The quantitative estimate of drug-likeness (QED) is 0.176. The maximum absolute atomic E-state index is 12.5. The van der Waals surface area contributed by atoms with Gasteiger partial charge in [0.15, 0.2) is 0 Å². The fourth-order valence-corrected chi connectivity index (χ4v) is 4.59. The molecule has 0 radical (unpaired) electrons. The Balaban J connectivity index is 1.59. The van der Waals surface area contributed by atoms with E-state index >= 15 is 0 Å². The van der Waals surface area contributed by atoms with E-state index in [0.717, 1.165) is 45.2 Å². The molecule has 1 heterocycles. The van der Waals surface area contributed by atoms with Crippen molar-refractivity contribution in [1.29, 1.82) is 0 Å². The van der Waals surface area contributed by atoms with Crippen LogP contribution >= 0.6 is 0 Å². The highest BCUT2D eigenvalue weighted by Crippen LogP contribution is 2.34. The smallest absolute Gasteiger partial charge is 0.407 e. The third-order valence-electron chi connectivity index (χ3n) is 6.82. The van der Waals surface area contributed by atoms with Crippen LogP contribution < -0.4 is 10.1 Å². The van der Waals surface area contributed by atoms with Crippen LogP contribution in [0.2, 0.25) is 0 Å². The van der Waals surface area contributed by atoms with Crippen molar-refractivity contribution in [3.8, 4) is 16.9 Å². The molecule has 0 saturated heterocycles. The van der Waals surface area contributed by atoms with Gasteiger partial charge in [-0.2, -0.15) is 0 Å². The summed E-state index contributed by atoms with van der Waals surface area (Å²) >= 11 is 0. The van der Waals surface area contributed by atoms with Gasteiger partial charge < -0.3 is 29.1 Å². The molecular formula is C35H41NO7. The molecule has 1 unspecified atom stereocenters. The molecule has 228 valence electrons. The molecule has 3 aromatic carbocycles. The lowest BCUT2D eigenvalue weighted by molar-refractivity contribution is -0.147. The molecule has 1 amide bonds. The van der Waals surface area contributed by atoms with Gasteiger partial charge in [0.25, 0.3) is 0 Å². The molecule has 0 bridgehead atoms. The number of alkyl carbamates (subject to hydrolysis) is 1. The molecule has 2 N–H and O–H groups in total. The number of ether oxygens (including phenoxy) is 3. The van der Waals surface area contributed by atoms with E-state index in [1.165, 1.54) is 0 Å². The number of aliphatic hydroxyl groups excluding tert-OH is 1. The molecule has 0 aliphatic heterocycles. The lowest BCUT2D eigenvalue weighted by atomic mass is 9.99. The highest BCUT2D eigenvalue weighted by atomic mass is 16.6. The van der Waals surface area contributed by atoms with Crippen molar-refractivity contribution >= 4 is 23.0 Å². The number of benzene rings is 3. The second kappa shape index (κ2) is 13.8. The van der Waals surface area contributed by atoms with Gasteiger partial charge >= 0.3 is 12.1 Å². The van der Waals surface area contributed by atoms with Gasteiger partial charge in [0.05, 0.1) is 12.5 Å². The normalized spacial score (nSPS) is 12.2. The number of fused-ring (bicyclic) bond motifs is 1. The van der Waals surface area contributed by atoms with Crippen LogP contribution in [0.5, 0.6) is 5.75 Å². The number of furan rings is 1. The van der Waals surface area contributed by atoms with E-state index < -0.39 is 11.7 Å². The average molecular weight is 588 g/mol. The number of esters is 1. The number of carbonyl (C=O) groups is 2. The fraction of sp³-hybridized carbons (Fsp3) is 0.371. The van der Waals surface area contributed by atoms with E-state index in [-0.39, 0.29) is 31.7 Å². The molecule has 8 nitrogen and oxygen atoms in total. The van der Waals surface area contributed by atoms with E-state index in [2.05, 4.69) is 5.32 Å². The van der Waals surface area contributed by atoms with Crippen LogP contribution in [0, 0.1) is 6.92 Å². The second-order valence-electron chi connectivity index (χ2n) is 11.8. The first kappa shape index (κ1) is 31.6. The maximum atomic E-state index is 12.5. The molecule has 8 heteroatoms. The molecular weight excluding hydrogens is 546 g/mol. The van der Waals surface area contributed by atoms with Crippen LogP contribution in [0.25, 0.3) is 22.1 Å². The predicted molar refractivity (Wildman–Crippen MR) is 166 cm³/mol. The third kappa shape index (κ3) is 8.85. The van der Waals surface area contributed by atoms with Crippen LogP contribution in [0.15, 0.2) is 65.1 Å². The minimum atomic E-state index is -0.583. The summed E-state index contributed by atoms with van der Waals surface area (Å²) in [4.78, 5) is 24.7. The highest BCUT2D eigenvalue weighted by molar-refractivity contribution is 5.93. The number of aryl methyl sites for hydroxylation is 1. The summed E-state index contributed by atoms with van der Waals surface area (Å²) in [5, 5.41) is 13.4. The Morgan fingerprint density at radius 1 is 1.02 bits per heavy atom. The Morgan fingerprint density at radius 2 is 1.81 bits per heavy atom. The van der Waals surface area contributed by atoms with Gasteiger partial charge in [0.1, 0.15) is 35.9 Å². The van der Waals surface area contributed by atoms with Gasteiger partial charge in [-0.25, -0.2) is 4.79 Å². The minimum Gasteiger partial charge on any atom is -0.489 e. The summed E-state index contributed by atoms with van der Waals surface area (Å²) in [6, 6.07) is 19.4. The number of amides is 1. The Labute approximate surface area is 253 Å². The van der Waals surface area contributed by atoms with Crippen LogP contribution in [0.1, 0.15) is 69.1 Å². The van der Waals surface area contributed by atoms with Crippen LogP contribution in [-0.2, 0) is 40.4 Å². The molecule has 0 aliphatic rings. The van der Waals surface area contributed by atoms with Gasteiger partial charge in [-0.15, -0.1) is 0 Å². The van der Waals surface area contributed by atoms with Crippen molar-refractivity contribution in [3.63, 3.8) is 0 Å². The molecule has 4 aromatic rings. The zero-order valence-electron chi connectivity index (χ0n) is 25.8. The molecule has 0 fully saturated rings. The van der Waals surface area contributed by atoms with Crippen LogP contribution in [0.4, 0.5) is 4.79 Å². The lowest BCUT2D eigenvalue weighted by Crippen LogP contribution is -2.32. The first-order valence-corrected chi connectivity index (χ1v) is 14.6. The Morgan fingerprint density at radius 3 is 2.53 bits per heavy atom. The van der Waals surface area contributed by atoms with Gasteiger partial charge in [-0.05, 0) is 93.6 Å². The molecule has 4 rings (SSSR count). The third-order valence-corrected chi connectivity index (χ3v) is 6.82. The largest absolute Gasteiger partial charge is 0.489 e. The van der Waals surface area contributed by atoms with Gasteiger partial charge in [0, 0.05) is 23.1 Å². The zero-order chi connectivity index (χ0) is 31.1. The van der Waals surface area contributed by atoms with Crippen LogP contribution in [-0.4, -0.2) is 28.9 Å². The summed E-state index contributed by atoms with van der Waals surface area (Å²) in [6.45, 7) is 11.6. The summed E-state index contributed by atoms with van der Waals surface area (Å²) in [5.41, 5.74) is 5.34. The van der Waals surface area contributed by atoms with Crippen molar-refractivity contribution in [1.82, 2.24) is 5.32 Å². The van der Waals surface area contributed by atoms with E-state index in [0.29, 0.717) is 23.6 Å². The topological polar surface area (TPSA) is 107 Å². The van der Waals surface area contributed by atoms with E-state index in [1.54, 1.807) is 0 Å². The number of rotatable bonds is 11. The zero-order valence-corrected chi connectivity index (χ0v) is 25.8. The van der Waals surface area contributed by atoms with E-state index in [9.17, 15) is 14.7 Å². The highest BCUT2D eigenvalue weighted by Gasteiger charge is 2.18. The summed E-state index contributed by atoms with van der Waals surface area (Å²) in [6.07, 6.45) is 0.249. The Bertz CT molecular complexity index is 1580. The summed E-state index contributed by atoms with van der Waals surface area (Å²) in [7, 11) is 0. The van der Waals surface area contributed by atoms with Crippen molar-refractivity contribution in [2.45, 2.75) is 85.8 Å². The first-order chi connectivity index (χ1) is 20.4. The first-order valence-electron chi connectivity index (χ1n) is 14.6. The van der Waals surface area contributed by atoms with Crippen LogP contribution in [0.3, 0.4) is 0 Å². The average Bonchev–Trinajstić information content (AvgIpc) is 3.38. The monoisotopic (exact) mass is 587 g/mol. The fourth-order valence-electron chi connectivity index (χ4n) is 4.59. The molecule has 0 spiro atoms. The number of hydrogen-bond acceptors (Lipinski definition) is 7. The minimum absolute atomic E-state index is 0.121. The van der Waals surface area contributed by atoms with Crippen molar-refractivity contribution in [2.24, 2.45) is 0 Å².